The summed E-state index contributed by atoms with van der Waals surface area (Å²) in [4.78, 5) is 17.2. The lowest BCUT2D eigenvalue weighted by Gasteiger charge is -2.36. The van der Waals surface area contributed by atoms with Gasteiger partial charge in [-0.2, -0.15) is 4.98 Å². The van der Waals surface area contributed by atoms with Crippen molar-refractivity contribution < 1.29 is 0 Å². The third-order valence-corrected chi connectivity index (χ3v) is 4.18. The highest BCUT2D eigenvalue weighted by atomic mass is 35.5. The van der Waals surface area contributed by atoms with E-state index in [1.54, 1.807) is 6.07 Å². The van der Waals surface area contributed by atoms with Crippen molar-refractivity contribution in [3.8, 4) is 0 Å². The Morgan fingerprint density at radius 3 is 2.71 bits per heavy atom. The van der Waals surface area contributed by atoms with Crippen LogP contribution in [-0.4, -0.2) is 58.6 Å². The molecule has 0 aliphatic carbocycles. The molecule has 3 N–H and O–H groups in total. The predicted octanol–water partition coefficient (Wildman–Crippen LogP) is 1.73. The van der Waals surface area contributed by atoms with Crippen molar-refractivity contribution in [2.45, 2.75) is 13.0 Å². The van der Waals surface area contributed by atoms with Crippen molar-refractivity contribution in [3.05, 3.63) is 35.6 Å². The molecular formula is C16H22ClN7. The highest BCUT2D eigenvalue weighted by molar-refractivity contribution is 6.29. The number of rotatable bonds is 5. The zero-order valence-electron chi connectivity index (χ0n) is 13.7. The average Bonchev–Trinajstić information content (AvgIpc) is 2.55. The Balaban J connectivity index is 1.49. The van der Waals surface area contributed by atoms with Crippen molar-refractivity contribution in [1.82, 2.24) is 19.9 Å². The van der Waals surface area contributed by atoms with Gasteiger partial charge in [-0.1, -0.05) is 17.7 Å². The summed E-state index contributed by atoms with van der Waals surface area (Å²) in [6.07, 6.45) is 1.84. The van der Waals surface area contributed by atoms with Gasteiger partial charge in [-0.25, -0.2) is 9.97 Å². The number of pyridine rings is 1. The van der Waals surface area contributed by atoms with Crippen LogP contribution in [0.3, 0.4) is 0 Å². The van der Waals surface area contributed by atoms with Gasteiger partial charge in [-0.3, -0.25) is 4.90 Å². The van der Waals surface area contributed by atoms with E-state index in [4.69, 9.17) is 17.3 Å². The largest absolute Gasteiger partial charge is 0.368 e. The van der Waals surface area contributed by atoms with Gasteiger partial charge in [0.05, 0.1) is 0 Å². The van der Waals surface area contributed by atoms with Crippen LogP contribution in [0.2, 0.25) is 5.15 Å². The lowest BCUT2D eigenvalue weighted by atomic mass is 10.2. The normalized spacial score (nSPS) is 16.8. The zero-order chi connectivity index (χ0) is 16.9. The van der Waals surface area contributed by atoms with Gasteiger partial charge in [-0.15, -0.1) is 0 Å². The van der Waals surface area contributed by atoms with Crippen LogP contribution < -0.4 is 16.0 Å². The van der Waals surface area contributed by atoms with Crippen LogP contribution in [-0.2, 0) is 0 Å². The molecule has 2 aromatic rings. The number of nitrogens with two attached hydrogens (primary N) is 1. The average molecular weight is 348 g/mol. The van der Waals surface area contributed by atoms with Crippen molar-refractivity contribution in [3.63, 3.8) is 0 Å². The Hall–Kier alpha value is -2.12. The molecule has 8 heteroatoms. The molecule has 1 aliphatic heterocycles. The van der Waals surface area contributed by atoms with Crippen LogP contribution in [0, 0.1) is 0 Å². The van der Waals surface area contributed by atoms with Crippen molar-refractivity contribution in [2.24, 2.45) is 0 Å². The minimum atomic E-state index is 0.182. The molecule has 0 bridgehead atoms. The number of aromatic nitrogens is 3. The molecule has 1 unspecified atom stereocenters. The summed E-state index contributed by atoms with van der Waals surface area (Å²) in [5, 5.41) is 3.68. The first-order valence-corrected chi connectivity index (χ1v) is 8.43. The molecule has 0 saturated carbocycles. The summed E-state index contributed by atoms with van der Waals surface area (Å²) in [5.41, 5.74) is 5.62. The van der Waals surface area contributed by atoms with E-state index in [1.807, 2.05) is 18.3 Å². The van der Waals surface area contributed by atoms with E-state index < -0.39 is 0 Å². The standard InChI is InChI=1S/C16H22ClN7/c1-12(20-14-10-13(17)21-16(18)22-14)11-23-6-8-24(9-7-23)15-4-2-3-5-19-15/h2-5,10,12H,6-9,11H2,1H3,(H3,18,20,21,22). The number of nitrogens with zero attached hydrogens (tertiary/aromatic N) is 5. The van der Waals surface area contributed by atoms with Crippen LogP contribution in [0.25, 0.3) is 0 Å². The van der Waals surface area contributed by atoms with Gasteiger partial charge in [0, 0.05) is 51.0 Å². The number of nitrogen functional groups attached to an aromatic ring is 1. The van der Waals surface area contributed by atoms with Gasteiger partial charge in [0.2, 0.25) is 5.95 Å². The fraction of sp³-hybridized carbons (Fsp3) is 0.438. The zero-order valence-corrected chi connectivity index (χ0v) is 14.4. The van der Waals surface area contributed by atoms with Crippen molar-refractivity contribution in [2.75, 3.05) is 48.7 Å². The van der Waals surface area contributed by atoms with Crippen LogP contribution in [0.4, 0.5) is 17.6 Å². The second kappa shape index (κ2) is 7.63. The van der Waals surface area contributed by atoms with Gasteiger partial charge < -0.3 is 16.0 Å². The molecule has 1 saturated heterocycles. The lowest BCUT2D eigenvalue weighted by Crippen LogP contribution is -2.49. The lowest BCUT2D eigenvalue weighted by molar-refractivity contribution is 0.250. The Bertz CT molecular complexity index is 638. The van der Waals surface area contributed by atoms with Gasteiger partial charge in [0.1, 0.15) is 16.8 Å². The molecule has 1 fully saturated rings. The smallest absolute Gasteiger partial charge is 0.223 e. The monoisotopic (exact) mass is 347 g/mol. The first-order valence-electron chi connectivity index (χ1n) is 8.05. The molecule has 0 radical (unpaired) electrons. The van der Waals surface area contributed by atoms with Gasteiger partial charge in [0.25, 0.3) is 0 Å². The maximum absolute atomic E-state index is 5.91. The second-order valence-electron chi connectivity index (χ2n) is 5.96. The molecule has 24 heavy (non-hydrogen) atoms. The minimum Gasteiger partial charge on any atom is -0.368 e. The van der Waals surface area contributed by atoms with E-state index in [0.717, 1.165) is 38.5 Å². The van der Waals surface area contributed by atoms with E-state index in [9.17, 15) is 0 Å². The van der Waals surface area contributed by atoms with Crippen molar-refractivity contribution >= 4 is 29.2 Å². The van der Waals surface area contributed by atoms with Crippen LogP contribution in [0.15, 0.2) is 30.5 Å². The number of hydrogen-bond acceptors (Lipinski definition) is 7. The molecule has 128 valence electrons. The SMILES string of the molecule is CC(CN1CCN(c2ccccn2)CC1)Nc1cc(Cl)nc(N)n1. The first kappa shape index (κ1) is 16.7. The Kier molecular flexibility index (Phi) is 5.32. The quantitative estimate of drug-likeness (QED) is 0.797. The highest BCUT2D eigenvalue weighted by Gasteiger charge is 2.19. The number of nitrogens with one attached hydrogen (secondary N) is 1. The van der Waals surface area contributed by atoms with E-state index in [0.29, 0.717) is 11.0 Å². The molecule has 0 amide bonds. The van der Waals surface area contributed by atoms with E-state index in [1.165, 1.54) is 0 Å². The first-order chi connectivity index (χ1) is 11.6. The number of piperazine rings is 1. The predicted molar refractivity (Wildman–Crippen MR) is 97.4 cm³/mol. The third-order valence-electron chi connectivity index (χ3n) is 3.98. The fourth-order valence-corrected chi connectivity index (χ4v) is 3.08. The van der Waals surface area contributed by atoms with Crippen LogP contribution in [0.5, 0.6) is 0 Å². The molecule has 3 rings (SSSR count). The van der Waals surface area contributed by atoms with Crippen LogP contribution >= 0.6 is 11.6 Å². The highest BCUT2D eigenvalue weighted by Crippen LogP contribution is 2.15. The van der Waals surface area contributed by atoms with Gasteiger partial charge in [0.15, 0.2) is 0 Å². The molecule has 0 aromatic carbocycles. The third kappa shape index (κ3) is 4.46. The molecular weight excluding hydrogens is 326 g/mol. The van der Waals surface area contributed by atoms with Crippen LogP contribution in [0.1, 0.15) is 6.92 Å². The second-order valence-corrected chi connectivity index (χ2v) is 6.34. The van der Waals surface area contributed by atoms with Gasteiger partial charge in [-0.05, 0) is 19.1 Å². The van der Waals surface area contributed by atoms with E-state index >= 15 is 0 Å². The number of hydrogen-bond donors (Lipinski definition) is 2. The van der Waals surface area contributed by atoms with E-state index in [-0.39, 0.29) is 12.0 Å². The molecule has 7 nitrogen and oxygen atoms in total. The molecule has 1 atom stereocenters. The Morgan fingerprint density at radius 2 is 2.04 bits per heavy atom. The summed E-state index contributed by atoms with van der Waals surface area (Å²) < 4.78 is 0. The number of halogens is 1. The summed E-state index contributed by atoms with van der Waals surface area (Å²) >= 11 is 5.91. The molecule has 2 aromatic heterocycles. The topological polar surface area (TPSA) is 83.2 Å². The summed E-state index contributed by atoms with van der Waals surface area (Å²) in [6.45, 7) is 7.03. The van der Waals surface area contributed by atoms with E-state index in [2.05, 4.69) is 43.1 Å². The molecule has 3 heterocycles. The summed E-state index contributed by atoms with van der Waals surface area (Å²) in [6, 6.07) is 7.95. The Labute approximate surface area is 146 Å². The molecule has 1 aliphatic rings. The fourth-order valence-electron chi connectivity index (χ4n) is 2.89. The molecule has 0 spiro atoms. The Morgan fingerprint density at radius 1 is 1.25 bits per heavy atom. The number of anilines is 3. The summed E-state index contributed by atoms with van der Waals surface area (Å²) in [5.74, 6) is 1.89. The van der Waals surface area contributed by atoms with Crippen molar-refractivity contribution in [1.29, 1.82) is 0 Å². The maximum atomic E-state index is 5.91. The maximum Gasteiger partial charge on any atom is 0.223 e. The summed E-state index contributed by atoms with van der Waals surface area (Å²) in [7, 11) is 0. The van der Waals surface area contributed by atoms with Gasteiger partial charge >= 0.3 is 0 Å². The minimum absolute atomic E-state index is 0.182.